The first-order valence-corrected chi connectivity index (χ1v) is 7.66. The molecule has 3 rings (SSSR count). The first-order valence-electron chi connectivity index (χ1n) is 6.67. The largest absolute Gasteiger partial charge is 0.299 e. The van der Waals surface area contributed by atoms with E-state index in [1.807, 2.05) is 6.92 Å². The Morgan fingerprint density at radius 2 is 2.14 bits per heavy atom. The van der Waals surface area contributed by atoms with Crippen molar-refractivity contribution in [3.63, 3.8) is 0 Å². The summed E-state index contributed by atoms with van der Waals surface area (Å²) in [6.07, 6.45) is 0.857. The van der Waals surface area contributed by atoms with Crippen LogP contribution < -0.4 is 0 Å². The molecule has 1 aromatic carbocycles. The van der Waals surface area contributed by atoms with Gasteiger partial charge in [0.25, 0.3) is 6.43 Å². The highest BCUT2D eigenvalue weighted by Crippen LogP contribution is 2.36. The van der Waals surface area contributed by atoms with E-state index >= 15 is 0 Å². The molecular weight excluding hydrogens is 299 g/mol. The van der Waals surface area contributed by atoms with E-state index in [0.717, 1.165) is 33.1 Å². The molecule has 0 bridgehead atoms. The molecule has 112 valence electrons. The average molecular weight is 313 g/mol. The van der Waals surface area contributed by atoms with Gasteiger partial charge in [0.1, 0.15) is 17.8 Å². The fourth-order valence-electron chi connectivity index (χ4n) is 1.96. The SMILES string of the molecule is Cc1cc(F)c(-n2cnc(C(F)F)n2)cc1SCC1CC1. The van der Waals surface area contributed by atoms with Gasteiger partial charge in [0.15, 0.2) is 0 Å². The van der Waals surface area contributed by atoms with E-state index in [0.29, 0.717) is 0 Å². The zero-order chi connectivity index (χ0) is 15.0. The summed E-state index contributed by atoms with van der Waals surface area (Å²) < 4.78 is 40.2. The summed E-state index contributed by atoms with van der Waals surface area (Å²) in [4.78, 5) is 4.45. The molecule has 21 heavy (non-hydrogen) atoms. The monoisotopic (exact) mass is 313 g/mol. The van der Waals surface area contributed by atoms with Gasteiger partial charge in [-0.25, -0.2) is 22.8 Å². The number of aromatic nitrogens is 3. The highest BCUT2D eigenvalue weighted by atomic mass is 32.2. The van der Waals surface area contributed by atoms with Gasteiger partial charge >= 0.3 is 0 Å². The van der Waals surface area contributed by atoms with Crippen LogP contribution in [0.15, 0.2) is 23.4 Å². The van der Waals surface area contributed by atoms with Gasteiger partial charge in [-0.1, -0.05) is 0 Å². The molecule has 2 aromatic rings. The van der Waals surface area contributed by atoms with Crippen LogP contribution in [0.2, 0.25) is 0 Å². The Balaban J connectivity index is 1.90. The number of thioether (sulfide) groups is 1. The van der Waals surface area contributed by atoms with Crippen LogP contribution in [0.5, 0.6) is 0 Å². The standard InChI is InChI=1S/C14H14F3N3S/c1-8-4-10(15)11(5-12(8)21-6-9-2-3-9)20-7-18-14(19-20)13(16)17/h4-5,7,9,13H,2-3,6H2,1H3. The van der Waals surface area contributed by atoms with E-state index in [1.54, 1.807) is 17.8 Å². The number of aryl methyl sites for hydroxylation is 1. The number of hydrogen-bond acceptors (Lipinski definition) is 3. The molecule has 1 aliphatic carbocycles. The van der Waals surface area contributed by atoms with Crippen molar-refractivity contribution in [1.82, 2.24) is 14.8 Å². The number of benzene rings is 1. The van der Waals surface area contributed by atoms with Crippen molar-refractivity contribution in [3.8, 4) is 5.69 Å². The number of nitrogens with zero attached hydrogens (tertiary/aromatic N) is 3. The molecule has 1 heterocycles. The van der Waals surface area contributed by atoms with Gasteiger partial charge in [0, 0.05) is 10.6 Å². The predicted octanol–water partition coefficient (Wildman–Crippen LogP) is 4.15. The van der Waals surface area contributed by atoms with Crippen LogP contribution in [0.1, 0.15) is 30.7 Å². The minimum absolute atomic E-state index is 0.151. The van der Waals surface area contributed by atoms with Crippen LogP contribution in [0, 0.1) is 18.7 Å². The van der Waals surface area contributed by atoms with E-state index in [2.05, 4.69) is 10.1 Å². The topological polar surface area (TPSA) is 30.7 Å². The number of hydrogen-bond donors (Lipinski definition) is 0. The quantitative estimate of drug-likeness (QED) is 0.777. The fraction of sp³-hybridized carbons (Fsp3) is 0.429. The Hall–Kier alpha value is -1.50. The average Bonchev–Trinajstić information content (AvgIpc) is 3.12. The molecule has 0 amide bonds. The van der Waals surface area contributed by atoms with Gasteiger partial charge < -0.3 is 0 Å². The van der Waals surface area contributed by atoms with Crippen molar-refractivity contribution >= 4 is 11.8 Å². The van der Waals surface area contributed by atoms with E-state index in [1.165, 1.54) is 18.9 Å². The van der Waals surface area contributed by atoms with Crippen molar-refractivity contribution in [2.45, 2.75) is 31.1 Å². The Morgan fingerprint density at radius 3 is 2.76 bits per heavy atom. The molecule has 0 spiro atoms. The molecule has 0 aliphatic heterocycles. The van der Waals surface area contributed by atoms with E-state index in [-0.39, 0.29) is 5.69 Å². The van der Waals surface area contributed by atoms with Crippen LogP contribution >= 0.6 is 11.8 Å². The fourth-order valence-corrected chi connectivity index (χ4v) is 3.19. The van der Waals surface area contributed by atoms with Crippen LogP contribution in [0.3, 0.4) is 0 Å². The zero-order valence-corrected chi connectivity index (χ0v) is 12.2. The number of alkyl halides is 2. The lowest BCUT2D eigenvalue weighted by atomic mass is 10.2. The minimum Gasteiger partial charge on any atom is -0.218 e. The van der Waals surface area contributed by atoms with Crippen molar-refractivity contribution < 1.29 is 13.2 Å². The minimum atomic E-state index is -2.76. The lowest BCUT2D eigenvalue weighted by Crippen LogP contribution is -2.01. The Labute approximate surface area is 124 Å². The smallest absolute Gasteiger partial charge is 0.218 e. The molecule has 1 aromatic heterocycles. The molecule has 1 fully saturated rings. The van der Waals surface area contributed by atoms with Crippen LogP contribution in [0.25, 0.3) is 5.69 Å². The molecular formula is C14H14F3N3S. The van der Waals surface area contributed by atoms with Crippen molar-refractivity contribution in [3.05, 3.63) is 35.7 Å². The molecule has 0 saturated heterocycles. The van der Waals surface area contributed by atoms with E-state index in [9.17, 15) is 13.2 Å². The summed E-state index contributed by atoms with van der Waals surface area (Å²) in [6.45, 7) is 1.84. The lowest BCUT2D eigenvalue weighted by molar-refractivity contribution is 0.140. The van der Waals surface area contributed by atoms with Crippen LogP contribution in [-0.4, -0.2) is 20.5 Å². The molecule has 1 aliphatic rings. The molecule has 0 N–H and O–H groups in total. The molecule has 0 atom stereocenters. The van der Waals surface area contributed by atoms with Crippen LogP contribution in [0.4, 0.5) is 13.2 Å². The van der Waals surface area contributed by atoms with Gasteiger partial charge in [-0.2, -0.15) is 0 Å². The summed E-state index contributed by atoms with van der Waals surface area (Å²) in [5.41, 5.74) is 0.995. The Kier molecular flexibility index (Phi) is 3.93. The highest BCUT2D eigenvalue weighted by molar-refractivity contribution is 7.99. The number of rotatable bonds is 5. The summed E-state index contributed by atoms with van der Waals surface area (Å²) in [6, 6.07) is 3.07. The molecule has 0 radical (unpaired) electrons. The Morgan fingerprint density at radius 1 is 1.38 bits per heavy atom. The second-order valence-electron chi connectivity index (χ2n) is 5.17. The van der Waals surface area contributed by atoms with Crippen molar-refractivity contribution in [2.24, 2.45) is 5.92 Å². The van der Waals surface area contributed by atoms with Gasteiger partial charge in [-0.15, -0.1) is 16.9 Å². The maximum Gasteiger partial charge on any atom is 0.299 e. The maximum atomic E-state index is 14.1. The van der Waals surface area contributed by atoms with Gasteiger partial charge in [-0.3, -0.25) is 0 Å². The summed E-state index contributed by atoms with van der Waals surface area (Å²) in [5, 5.41) is 3.63. The van der Waals surface area contributed by atoms with Crippen LogP contribution in [-0.2, 0) is 0 Å². The van der Waals surface area contributed by atoms with Crippen molar-refractivity contribution in [2.75, 3.05) is 5.75 Å². The summed E-state index contributed by atoms with van der Waals surface area (Å²) >= 11 is 1.67. The van der Waals surface area contributed by atoms with E-state index < -0.39 is 18.1 Å². The third kappa shape index (κ3) is 3.23. The first-order chi connectivity index (χ1) is 10.0. The Bertz CT molecular complexity index is 653. The second-order valence-corrected chi connectivity index (χ2v) is 6.23. The lowest BCUT2D eigenvalue weighted by Gasteiger charge is -2.09. The van der Waals surface area contributed by atoms with Gasteiger partial charge in [0.05, 0.1) is 0 Å². The second kappa shape index (κ2) is 5.71. The predicted molar refractivity (Wildman–Crippen MR) is 74.5 cm³/mol. The zero-order valence-electron chi connectivity index (χ0n) is 11.4. The third-order valence-corrected chi connectivity index (χ3v) is 4.76. The molecule has 7 heteroatoms. The van der Waals surface area contributed by atoms with Crippen molar-refractivity contribution in [1.29, 1.82) is 0 Å². The highest BCUT2D eigenvalue weighted by Gasteiger charge is 2.22. The maximum absolute atomic E-state index is 14.1. The summed E-state index contributed by atoms with van der Waals surface area (Å²) in [7, 11) is 0. The van der Waals surface area contributed by atoms with E-state index in [4.69, 9.17) is 0 Å². The third-order valence-electron chi connectivity index (χ3n) is 3.37. The van der Waals surface area contributed by atoms with Gasteiger partial charge in [-0.05, 0) is 43.4 Å². The summed E-state index contributed by atoms with van der Waals surface area (Å²) in [5.74, 6) is 0.668. The molecule has 1 saturated carbocycles. The number of halogens is 3. The van der Waals surface area contributed by atoms with Gasteiger partial charge in [0.2, 0.25) is 5.82 Å². The molecule has 3 nitrogen and oxygen atoms in total. The molecule has 0 unspecified atom stereocenters. The first kappa shape index (κ1) is 14.4. The normalized spacial score (nSPS) is 14.9.